The molecule has 1 aromatic heterocycles. The van der Waals surface area contributed by atoms with Crippen LogP contribution in [0.1, 0.15) is 48.2 Å². The number of oxime groups is 1. The fourth-order valence-corrected chi connectivity index (χ4v) is 5.32. The largest absolute Gasteiger partial charge is 0.409 e. The van der Waals surface area contributed by atoms with Gasteiger partial charge in [0, 0.05) is 36.9 Å². The Hall–Kier alpha value is -3.32. The first-order valence-electron chi connectivity index (χ1n) is 11.5. The first-order valence-corrected chi connectivity index (χ1v) is 11.5. The number of nitrogens with two attached hydrogens (primary N) is 1. The number of carbonyl (C=O) groups is 1. The summed E-state index contributed by atoms with van der Waals surface area (Å²) < 4.78 is 7.53. The van der Waals surface area contributed by atoms with Crippen LogP contribution in [0.3, 0.4) is 0 Å². The molecule has 2 aliphatic rings. The summed E-state index contributed by atoms with van der Waals surface area (Å²) in [6.45, 7) is 3.62. The Morgan fingerprint density at radius 2 is 1.88 bits per heavy atom. The lowest BCUT2D eigenvalue weighted by Gasteiger charge is -2.25. The zero-order valence-corrected chi connectivity index (χ0v) is 19.1. The van der Waals surface area contributed by atoms with Crippen molar-refractivity contribution in [2.75, 3.05) is 25.2 Å². The lowest BCUT2D eigenvalue weighted by atomic mass is 9.91. The molecule has 0 bridgehead atoms. The summed E-state index contributed by atoms with van der Waals surface area (Å²) >= 11 is 0. The highest BCUT2D eigenvalue weighted by Gasteiger charge is 2.58. The average molecular weight is 447 g/mol. The molecule has 1 amide bonds. The van der Waals surface area contributed by atoms with Crippen LogP contribution >= 0.6 is 0 Å². The van der Waals surface area contributed by atoms with E-state index in [-0.39, 0.29) is 17.7 Å². The van der Waals surface area contributed by atoms with Crippen LogP contribution in [0.4, 0.5) is 5.69 Å². The van der Waals surface area contributed by atoms with Gasteiger partial charge in [-0.1, -0.05) is 36.3 Å². The summed E-state index contributed by atoms with van der Waals surface area (Å²) in [7, 11) is 1.78. The third kappa shape index (κ3) is 3.47. The van der Waals surface area contributed by atoms with Crippen LogP contribution in [0.5, 0.6) is 0 Å². The summed E-state index contributed by atoms with van der Waals surface area (Å²) in [5, 5.41) is 13.9. The zero-order valence-electron chi connectivity index (χ0n) is 19.1. The van der Waals surface area contributed by atoms with Crippen molar-refractivity contribution >= 4 is 28.3 Å². The van der Waals surface area contributed by atoms with Crippen LogP contribution in [0.15, 0.2) is 59.8 Å². The lowest BCUT2D eigenvalue weighted by Crippen LogP contribution is -2.39. The number of nitrogens with zero attached hydrogens (tertiary/aromatic N) is 3. The standard InChI is InChI=1S/C26H30N4O3/c1-17-16-26(17,25(27)28-32)30-22-9-8-19(18-10-12-33-13-11-18)14-20(22)15-23(30)24(31)29(2)21-6-4-3-5-7-21/h3-9,14-15,17-18,32H,10-13,16H2,1-2H3,(H2,27,28)/t17-,26-/m0/s1. The van der Waals surface area contributed by atoms with Crippen LogP contribution in [-0.2, 0) is 10.3 Å². The Morgan fingerprint density at radius 1 is 1.18 bits per heavy atom. The molecule has 3 N–H and O–H groups in total. The number of anilines is 1. The van der Waals surface area contributed by atoms with Gasteiger partial charge >= 0.3 is 0 Å². The molecule has 2 atom stereocenters. The Labute approximate surface area is 193 Å². The number of amidine groups is 1. The number of para-hydroxylation sites is 1. The minimum absolute atomic E-state index is 0.130. The van der Waals surface area contributed by atoms with E-state index in [0.717, 1.165) is 42.6 Å². The summed E-state index contributed by atoms with van der Waals surface area (Å²) in [4.78, 5) is 15.4. The second kappa shape index (κ2) is 8.23. The fraction of sp³-hybridized carbons (Fsp3) is 0.385. The quantitative estimate of drug-likeness (QED) is 0.265. The molecule has 2 heterocycles. The van der Waals surface area contributed by atoms with Crippen molar-refractivity contribution in [3.63, 3.8) is 0 Å². The normalized spacial score (nSPS) is 23.6. The molecule has 172 valence electrons. The second-order valence-electron chi connectivity index (χ2n) is 9.28. The number of benzene rings is 2. The number of amides is 1. The molecule has 7 nitrogen and oxygen atoms in total. The molecule has 3 aromatic rings. The maximum atomic E-state index is 13.8. The van der Waals surface area contributed by atoms with Gasteiger partial charge in [0.25, 0.3) is 5.91 Å². The van der Waals surface area contributed by atoms with Gasteiger partial charge in [0.2, 0.25) is 0 Å². The average Bonchev–Trinajstić information content (AvgIpc) is 3.39. The number of aromatic nitrogens is 1. The number of hydrogen-bond acceptors (Lipinski definition) is 4. The van der Waals surface area contributed by atoms with Crippen molar-refractivity contribution in [2.24, 2.45) is 16.8 Å². The number of carbonyl (C=O) groups excluding carboxylic acids is 1. The van der Waals surface area contributed by atoms with Crippen molar-refractivity contribution in [3.8, 4) is 0 Å². The molecule has 5 rings (SSSR count). The van der Waals surface area contributed by atoms with Crippen molar-refractivity contribution < 1.29 is 14.7 Å². The minimum atomic E-state index is -0.709. The van der Waals surface area contributed by atoms with E-state index in [1.807, 2.05) is 41.0 Å². The predicted molar refractivity (Wildman–Crippen MR) is 129 cm³/mol. The van der Waals surface area contributed by atoms with Crippen molar-refractivity contribution in [1.82, 2.24) is 4.57 Å². The first kappa shape index (κ1) is 21.5. The van der Waals surface area contributed by atoms with Crippen molar-refractivity contribution in [3.05, 3.63) is 65.9 Å². The molecule has 0 radical (unpaired) electrons. The van der Waals surface area contributed by atoms with E-state index >= 15 is 0 Å². The second-order valence-corrected chi connectivity index (χ2v) is 9.28. The van der Waals surface area contributed by atoms with E-state index in [0.29, 0.717) is 18.0 Å². The van der Waals surface area contributed by atoms with Gasteiger partial charge in [-0.3, -0.25) is 4.79 Å². The monoisotopic (exact) mass is 446 g/mol. The number of rotatable bonds is 5. The summed E-state index contributed by atoms with van der Waals surface area (Å²) in [5.74, 6) is 0.606. The van der Waals surface area contributed by atoms with Gasteiger partial charge in [0.05, 0.1) is 0 Å². The van der Waals surface area contributed by atoms with E-state index < -0.39 is 5.54 Å². The van der Waals surface area contributed by atoms with Gasteiger partial charge in [-0.15, -0.1) is 0 Å². The Balaban J connectivity index is 1.66. The SMILES string of the molecule is C[C@H]1C[C@]1(C(N)=NO)n1c(C(=O)N(C)c2ccccc2)cc2cc(C3CCOCC3)ccc21. The molecule has 1 saturated carbocycles. The number of ether oxygens (including phenoxy) is 1. The third-order valence-corrected chi connectivity index (χ3v) is 7.41. The van der Waals surface area contributed by atoms with E-state index in [9.17, 15) is 10.0 Å². The van der Waals surface area contributed by atoms with Crippen LogP contribution in [0.25, 0.3) is 10.9 Å². The highest BCUT2D eigenvalue weighted by Crippen LogP contribution is 2.53. The summed E-state index contributed by atoms with van der Waals surface area (Å²) in [5.41, 5.74) is 9.05. The fourth-order valence-electron chi connectivity index (χ4n) is 5.32. The Morgan fingerprint density at radius 3 is 2.52 bits per heavy atom. The van der Waals surface area contributed by atoms with Crippen LogP contribution in [0, 0.1) is 5.92 Å². The van der Waals surface area contributed by atoms with E-state index in [1.165, 1.54) is 5.56 Å². The van der Waals surface area contributed by atoms with Gasteiger partial charge in [0.15, 0.2) is 5.84 Å². The molecule has 2 fully saturated rings. The highest BCUT2D eigenvalue weighted by atomic mass is 16.5. The maximum absolute atomic E-state index is 13.8. The Kier molecular flexibility index (Phi) is 5.37. The van der Waals surface area contributed by atoms with Crippen molar-refractivity contribution in [2.45, 2.75) is 37.6 Å². The first-order chi connectivity index (χ1) is 16.0. The Bertz CT molecular complexity index is 1210. The highest BCUT2D eigenvalue weighted by molar-refractivity contribution is 6.09. The van der Waals surface area contributed by atoms with Crippen molar-refractivity contribution in [1.29, 1.82) is 0 Å². The maximum Gasteiger partial charge on any atom is 0.274 e. The molecule has 1 aliphatic heterocycles. The van der Waals surface area contributed by atoms with Crippen LogP contribution in [0.2, 0.25) is 0 Å². The van der Waals surface area contributed by atoms with E-state index in [2.05, 4.69) is 30.3 Å². The number of hydrogen-bond donors (Lipinski definition) is 2. The minimum Gasteiger partial charge on any atom is -0.409 e. The van der Waals surface area contributed by atoms with Crippen LogP contribution in [-0.4, -0.2) is 41.8 Å². The van der Waals surface area contributed by atoms with Gasteiger partial charge in [-0.05, 0) is 67.0 Å². The van der Waals surface area contributed by atoms with Crippen LogP contribution < -0.4 is 10.6 Å². The molecule has 0 spiro atoms. The molecule has 1 aliphatic carbocycles. The summed E-state index contributed by atoms with van der Waals surface area (Å²) in [6.07, 6.45) is 2.71. The molecule has 1 saturated heterocycles. The van der Waals surface area contributed by atoms with E-state index in [4.69, 9.17) is 10.5 Å². The lowest BCUT2D eigenvalue weighted by molar-refractivity contribution is 0.0853. The van der Waals surface area contributed by atoms with Gasteiger partial charge in [0.1, 0.15) is 11.2 Å². The molecule has 33 heavy (non-hydrogen) atoms. The molecular weight excluding hydrogens is 416 g/mol. The van der Waals surface area contributed by atoms with Gasteiger partial charge in [-0.2, -0.15) is 0 Å². The molecule has 0 unspecified atom stereocenters. The summed E-state index contributed by atoms with van der Waals surface area (Å²) in [6, 6.07) is 17.9. The topological polar surface area (TPSA) is 93.1 Å². The smallest absolute Gasteiger partial charge is 0.274 e. The predicted octanol–water partition coefficient (Wildman–Crippen LogP) is 4.29. The molecule has 2 aromatic carbocycles. The molecule has 7 heteroatoms. The molecular formula is C26H30N4O3. The van der Waals surface area contributed by atoms with E-state index in [1.54, 1.807) is 11.9 Å². The third-order valence-electron chi connectivity index (χ3n) is 7.41. The van der Waals surface area contributed by atoms with Gasteiger partial charge in [-0.25, -0.2) is 0 Å². The zero-order chi connectivity index (χ0) is 23.2. The van der Waals surface area contributed by atoms with Gasteiger partial charge < -0.3 is 25.1 Å². The number of fused-ring (bicyclic) bond motifs is 1.